The van der Waals surface area contributed by atoms with Crippen LogP contribution >= 0.6 is 0 Å². The van der Waals surface area contributed by atoms with Crippen LogP contribution in [0.5, 0.6) is 5.75 Å². The fourth-order valence-corrected chi connectivity index (χ4v) is 2.35. The highest BCUT2D eigenvalue weighted by Crippen LogP contribution is 2.35. The second-order valence-electron chi connectivity index (χ2n) is 4.96. The Kier molecular flexibility index (Phi) is 5.31. The monoisotopic (exact) mass is 369 g/mol. The topological polar surface area (TPSA) is 40.5 Å². The maximum absolute atomic E-state index is 12.8. The van der Waals surface area contributed by atoms with Crippen LogP contribution < -0.4 is 4.74 Å². The first-order valence-corrected chi connectivity index (χ1v) is 7.11. The number of hydrogen-bond donors (Lipinski definition) is 0. The molecule has 0 aliphatic carbocycles. The number of benzene rings is 1. The molecule has 0 radical (unpaired) electrons. The zero-order valence-electron chi connectivity index (χ0n) is 12.9. The van der Waals surface area contributed by atoms with Gasteiger partial charge in [0.05, 0.1) is 17.7 Å². The van der Waals surface area contributed by atoms with Gasteiger partial charge in [0.2, 0.25) is 0 Å². The van der Waals surface area contributed by atoms with Crippen molar-refractivity contribution in [3.8, 4) is 5.75 Å². The van der Waals surface area contributed by atoms with Crippen molar-refractivity contribution in [1.29, 1.82) is 0 Å². The van der Waals surface area contributed by atoms with Crippen LogP contribution in [0.4, 0.5) is 26.3 Å². The third-order valence-electron chi connectivity index (χ3n) is 3.27. The highest BCUT2D eigenvalue weighted by atomic mass is 19.4. The van der Waals surface area contributed by atoms with E-state index in [1.165, 1.54) is 0 Å². The summed E-state index contributed by atoms with van der Waals surface area (Å²) >= 11 is 0. The van der Waals surface area contributed by atoms with Crippen molar-refractivity contribution in [3.63, 3.8) is 0 Å². The standard InChI is InChI=1S/C15H13F6NO3/c1-2-24-7-6-22-8-10(13(23)14(16,17)18)9-4-3-5-11(12(9)22)25-15(19,20)21/h3-5,8H,2,6-7H2,1H3. The summed E-state index contributed by atoms with van der Waals surface area (Å²) in [5.41, 5.74) is -1.00. The molecule has 0 unspecified atom stereocenters. The van der Waals surface area contributed by atoms with Gasteiger partial charge in [-0.1, -0.05) is 12.1 Å². The Bertz CT molecular complexity index is 763. The van der Waals surface area contributed by atoms with Gasteiger partial charge in [0.25, 0.3) is 5.78 Å². The number of aromatic nitrogens is 1. The van der Waals surface area contributed by atoms with E-state index in [9.17, 15) is 31.1 Å². The number of fused-ring (bicyclic) bond motifs is 1. The number of Topliss-reactive ketones (excluding diaryl/α,β-unsaturated/α-hetero) is 1. The van der Waals surface area contributed by atoms with Crippen molar-refractivity contribution in [1.82, 2.24) is 4.57 Å². The molecule has 2 aromatic rings. The predicted octanol–water partition coefficient (Wildman–Crippen LogP) is 4.32. The lowest BCUT2D eigenvalue weighted by Gasteiger charge is -2.12. The zero-order chi connectivity index (χ0) is 18.8. The van der Waals surface area contributed by atoms with Crippen molar-refractivity contribution in [3.05, 3.63) is 30.0 Å². The van der Waals surface area contributed by atoms with E-state index in [0.29, 0.717) is 6.61 Å². The molecule has 0 bridgehead atoms. The van der Waals surface area contributed by atoms with Crippen LogP contribution in [0.2, 0.25) is 0 Å². The minimum Gasteiger partial charge on any atom is -0.404 e. The molecular formula is C15H13F6NO3. The first kappa shape index (κ1) is 19.1. The molecule has 0 aliphatic rings. The van der Waals surface area contributed by atoms with Crippen molar-refractivity contribution in [2.45, 2.75) is 26.0 Å². The summed E-state index contributed by atoms with van der Waals surface area (Å²) in [4.78, 5) is 11.6. The Morgan fingerprint density at radius 1 is 1.16 bits per heavy atom. The highest BCUT2D eigenvalue weighted by Gasteiger charge is 2.41. The zero-order valence-corrected chi connectivity index (χ0v) is 12.9. The summed E-state index contributed by atoms with van der Waals surface area (Å²) in [5.74, 6) is -2.83. The second-order valence-corrected chi connectivity index (χ2v) is 4.96. The molecule has 2 rings (SSSR count). The molecule has 0 saturated carbocycles. The van der Waals surface area contributed by atoms with Gasteiger partial charge in [-0.3, -0.25) is 4.79 Å². The number of carbonyl (C=O) groups excluding carboxylic acids is 1. The molecule has 1 heterocycles. The average molecular weight is 369 g/mol. The number of halogens is 6. The van der Waals surface area contributed by atoms with Crippen molar-refractivity contribution in [2.24, 2.45) is 0 Å². The summed E-state index contributed by atoms with van der Waals surface area (Å²) in [6.07, 6.45) is -9.32. The fourth-order valence-electron chi connectivity index (χ4n) is 2.35. The smallest absolute Gasteiger partial charge is 0.404 e. The van der Waals surface area contributed by atoms with Gasteiger partial charge in [0.1, 0.15) is 0 Å². The van der Waals surface area contributed by atoms with Gasteiger partial charge < -0.3 is 14.0 Å². The van der Waals surface area contributed by atoms with E-state index in [1.807, 2.05) is 0 Å². The molecule has 0 amide bonds. The van der Waals surface area contributed by atoms with Gasteiger partial charge in [-0.25, -0.2) is 0 Å². The molecular weight excluding hydrogens is 356 g/mol. The molecule has 25 heavy (non-hydrogen) atoms. The van der Waals surface area contributed by atoms with E-state index in [-0.39, 0.29) is 24.1 Å². The van der Waals surface area contributed by atoms with Crippen LogP contribution in [0, 0.1) is 0 Å². The van der Waals surface area contributed by atoms with Gasteiger partial charge in [0, 0.05) is 24.7 Å². The Morgan fingerprint density at radius 2 is 1.84 bits per heavy atom. The lowest BCUT2D eigenvalue weighted by Crippen LogP contribution is -2.22. The van der Waals surface area contributed by atoms with Gasteiger partial charge in [-0.05, 0) is 13.0 Å². The van der Waals surface area contributed by atoms with Crippen molar-refractivity contribution >= 4 is 16.7 Å². The van der Waals surface area contributed by atoms with E-state index in [4.69, 9.17) is 4.74 Å². The highest BCUT2D eigenvalue weighted by molar-refractivity contribution is 6.11. The third-order valence-corrected chi connectivity index (χ3v) is 3.27. The van der Waals surface area contributed by atoms with Crippen LogP contribution in [0.15, 0.2) is 24.4 Å². The lowest BCUT2D eigenvalue weighted by atomic mass is 10.1. The number of para-hydroxylation sites is 1. The minimum absolute atomic E-state index is 0.0419. The first-order valence-electron chi connectivity index (χ1n) is 7.11. The molecule has 0 spiro atoms. The molecule has 0 aliphatic heterocycles. The summed E-state index contributed by atoms with van der Waals surface area (Å²) in [5, 5.41) is -0.277. The van der Waals surface area contributed by atoms with E-state index in [2.05, 4.69) is 4.74 Å². The molecule has 0 saturated heterocycles. The molecule has 0 fully saturated rings. The Hall–Kier alpha value is -2.23. The predicted molar refractivity (Wildman–Crippen MR) is 75.5 cm³/mol. The summed E-state index contributed by atoms with van der Waals surface area (Å²) in [7, 11) is 0. The first-order chi connectivity index (χ1) is 11.5. The largest absolute Gasteiger partial charge is 0.573 e. The maximum Gasteiger partial charge on any atom is 0.573 e. The van der Waals surface area contributed by atoms with Crippen LogP contribution in [0.25, 0.3) is 10.9 Å². The SMILES string of the molecule is CCOCCn1cc(C(=O)C(F)(F)F)c2cccc(OC(F)(F)F)c21. The van der Waals surface area contributed by atoms with Crippen LogP contribution in [0.3, 0.4) is 0 Å². The minimum atomic E-state index is -5.15. The molecule has 1 aromatic carbocycles. The van der Waals surface area contributed by atoms with Crippen LogP contribution in [-0.4, -0.2) is 36.1 Å². The number of carbonyl (C=O) groups is 1. The fraction of sp³-hybridized carbons (Fsp3) is 0.400. The van der Waals surface area contributed by atoms with Crippen LogP contribution in [0.1, 0.15) is 17.3 Å². The summed E-state index contributed by atoms with van der Waals surface area (Å²) in [6.45, 7) is 2.00. The number of nitrogens with zero attached hydrogens (tertiary/aromatic N) is 1. The molecule has 138 valence electrons. The summed E-state index contributed by atoms with van der Waals surface area (Å²) in [6, 6.07) is 3.19. The normalized spacial score (nSPS) is 12.6. The average Bonchev–Trinajstić information content (AvgIpc) is 2.84. The van der Waals surface area contributed by atoms with Gasteiger partial charge in [-0.2, -0.15) is 13.2 Å². The third kappa shape index (κ3) is 4.44. The quantitative estimate of drug-likeness (QED) is 0.433. The molecule has 4 nitrogen and oxygen atoms in total. The second kappa shape index (κ2) is 6.95. The van der Waals surface area contributed by atoms with E-state index >= 15 is 0 Å². The van der Waals surface area contributed by atoms with Gasteiger partial charge in [-0.15, -0.1) is 13.2 Å². The van der Waals surface area contributed by atoms with Gasteiger partial charge >= 0.3 is 12.5 Å². The molecule has 0 N–H and O–H groups in total. The van der Waals surface area contributed by atoms with E-state index < -0.39 is 29.6 Å². The number of rotatable bonds is 6. The Morgan fingerprint density at radius 3 is 2.40 bits per heavy atom. The van der Waals surface area contributed by atoms with Gasteiger partial charge in [0.15, 0.2) is 5.75 Å². The number of hydrogen-bond acceptors (Lipinski definition) is 3. The maximum atomic E-state index is 12.8. The number of ether oxygens (including phenoxy) is 2. The molecule has 10 heteroatoms. The number of ketones is 1. The number of alkyl halides is 6. The molecule has 1 aromatic heterocycles. The summed E-state index contributed by atoms with van der Waals surface area (Å²) < 4.78 is 86.0. The Balaban J connectivity index is 2.60. The van der Waals surface area contributed by atoms with E-state index in [0.717, 1.165) is 29.0 Å². The van der Waals surface area contributed by atoms with Crippen molar-refractivity contribution in [2.75, 3.05) is 13.2 Å². The van der Waals surface area contributed by atoms with E-state index in [1.54, 1.807) is 6.92 Å². The lowest BCUT2D eigenvalue weighted by molar-refractivity contribution is -0.274. The van der Waals surface area contributed by atoms with Crippen LogP contribution in [-0.2, 0) is 11.3 Å². The van der Waals surface area contributed by atoms with Crippen molar-refractivity contribution < 1.29 is 40.6 Å². The Labute approximate surface area is 137 Å². The molecule has 0 atom stereocenters.